The van der Waals surface area contributed by atoms with E-state index in [4.69, 9.17) is 0 Å². The van der Waals surface area contributed by atoms with E-state index in [-0.39, 0.29) is 17.2 Å². The smallest absolute Gasteiger partial charge is 0.195 e. The molecule has 0 fully saturated rings. The molecule has 0 bridgehead atoms. The van der Waals surface area contributed by atoms with Crippen molar-refractivity contribution in [1.29, 1.82) is 0 Å². The third-order valence-electron chi connectivity index (χ3n) is 5.20. The molecule has 0 saturated heterocycles. The Morgan fingerprint density at radius 1 is 0.806 bits per heavy atom. The fraction of sp³-hybridized carbons (Fsp3) is 0.0400. The first-order valence-electron chi connectivity index (χ1n) is 9.75. The summed E-state index contributed by atoms with van der Waals surface area (Å²) >= 11 is 0. The number of pyridine rings is 1. The van der Waals surface area contributed by atoms with Gasteiger partial charge in [0.15, 0.2) is 30.6 Å². The summed E-state index contributed by atoms with van der Waals surface area (Å²) in [6.07, 6.45) is 3.55. The molecule has 3 aromatic carbocycles. The number of hydrogen-bond donors (Lipinski definition) is 1. The first-order chi connectivity index (χ1) is 15.1. The summed E-state index contributed by atoms with van der Waals surface area (Å²) in [6.45, 7) is 0.319. The second-order valence-corrected chi connectivity index (χ2v) is 7.28. The van der Waals surface area contributed by atoms with E-state index in [0.717, 1.165) is 17.2 Å². The molecular weight excluding hydrogens is 399 g/mol. The lowest BCUT2D eigenvalue weighted by Crippen LogP contribution is -2.33. The molecule has 0 saturated carbocycles. The average molecular weight is 416 g/mol. The molecule has 0 aliphatic carbocycles. The molecule has 5 aromatic rings. The molecular formula is C25H17F3N3+. The molecule has 5 rings (SSSR count). The van der Waals surface area contributed by atoms with Gasteiger partial charge in [0.05, 0.1) is 11.1 Å². The van der Waals surface area contributed by atoms with Crippen molar-refractivity contribution in [3.8, 4) is 22.5 Å². The number of hydrogen-bond acceptors (Lipinski definition) is 1. The van der Waals surface area contributed by atoms with Crippen molar-refractivity contribution in [2.75, 3.05) is 0 Å². The molecule has 2 aromatic heterocycles. The predicted molar refractivity (Wildman–Crippen MR) is 113 cm³/mol. The number of nitrogens with one attached hydrogen (secondary N) is 1. The zero-order chi connectivity index (χ0) is 21.4. The van der Waals surface area contributed by atoms with Crippen molar-refractivity contribution in [3.05, 3.63) is 108 Å². The lowest BCUT2D eigenvalue weighted by Gasteiger charge is -2.05. The maximum absolute atomic E-state index is 14.7. The van der Waals surface area contributed by atoms with Crippen molar-refractivity contribution < 1.29 is 17.7 Å². The molecule has 3 nitrogen and oxygen atoms in total. The van der Waals surface area contributed by atoms with Gasteiger partial charge in [0.2, 0.25) is 0 Å². The summed E-state index contributed by atoms with van der Waals surface area (Å²) in [5.74, 6) is -1.93. The van der Waals surface area contributed by atoms with E-state index >= 15 is 0 Å². The highest BCUT2D eigenvalue weighted by Crippen LogP contribution is 2.24. The van der Waals surface area contributed by atoms with Crippen LogP contribution in [-0.4, -0.2) is 9.97 Å². The van der Waals surface area contributed by atoms with Gasteiger partial charge in [0.1, 0.15) is 22.7 Å². The van der Waals surface area contributed by atoms with E-state index in [2.05, 4.69) is 9.97 Å². The number of nitrogens with zero attached hydrogens (tertiary/aromatic N) is 2. The minimum absolute atomic E-state index is 0.0605. The zero-order valence-electron chi connectivity index (χ0n) is 16.3. The van der Waals surface area contributed by atoms with Crippen LogP contribution < -0.4 is 4.57 Å². The van der Waals surface area contributed by atoms with E-state index in [9.17, 15) is 13.2 Å². The van der Waals surface area contributed by atoms with Crippen molar-refractivity contribution in [1.82, 2.24) is 9.97 Å². The number of aromatic nitrogens is 3. The minimum Gasteiger partial charge on any atom is -0.333 e. The molecule has 0 amide bonds. The second kappa shape index (κ2) is 7.72. The van der Waals surface area contributed by atoms with Gasteiger partial charge in [-0.15, -0.1) is 0 Å². The minimum atomic E-state index is -0.949. The van der Waals surface area contributed by atoms with E-state index in [1.54, 1.807) is 24.5 Å². The van der Waals surface area contributed by atoms with Crippen LogP contribution in [0.3, 0.4) is 0 Å². The second-order valence-electron chi connectivity index (χ2n) is 7.28. The van der Waals surface area contributed by atoms with E-state index in [1.807, 2.05) is 41.0 Å². The number of aromatic amines is 1. The van der Waals surface area contributed by atoms with Gasteiger partial charge in [0.25, 0.3) is 0 Å². The van der Waals surface area contributed by atoms with Gasteiger partial charge >= 0.3 is 0 Å². The molecule has 31 heavy (non-hydrogen) atoms. The highest BCUT2D eigenvalue weighted by molar-refractivity contribution is 5.77. The summed E-state index contributed by atoms with van der Waals surface area (Å²) in [5.41, 5.74) is 3.62. The summed E-state index contributed by atoms with van der Waals surface area (Å²) in [5, 5.41) is 0. The van der Waals surface area contributed by atoms with Crippen LogP contribution in [0.25, 0.3) is 33.5 Å². The standard InChI is InChI=1S/C25H16F3N3/c26-20-8-4-7-19(24(20)28)25-29-22-11-12-31(15-23(22)30-25)14-18-10-9-17(13-21(18)27)16-5-2-1-3-6-16/h1-13,15H,14H2/p+1. The van der Waals surface area contributed by atoms with Crippen LogP contribution in [0.2, 0.25) is 0 Å². The third-order valence-corrected chi connectivity index (χ3v) is 5.20. The summed E-state index contributed by atoms with van der Waals surface area (Å²) in [6, 6.07) is 20.6. The predicted octanol–water partition coefficient (Wildman–Crippen LogP) is 5.65. The lowest BCUT2D eigenvalue weighted by atomic mass is 10.0. The van der Waals surface area contributed by atoms with Crippen LogP contribution in [0.15, 0.2) is 85.2 Å². The van der Waals surface area contributed by atoms with Crippen molar-refractivity contribution >= 4 is 11.0 Å². The quantitative estimate of drug-likeness (QED) is 0.377. The van der Waals surface area contributed by atoms with Gasteiger partial charge in [-0.2, -0.15) is 4.57 Å². The van der Waals surface area contributed by atoms with Gasteiger partial charge in [-0.1, -0.05) is 42.5 Å². The van der Waals surface area contributed by atoms with Gasteiger partial charge in [-0.05, 0) is 35.4 Å². The zero-order valence-corrected chi connectivity index (χ0v) is 16.3. The number of halogens is 3. The van der Waals surface area contributed by atoms with Crippen LogP contribution in [0.5, 0.6) is 0 Å². The Kier molecular flexibility index (Phi) is 4.75. The number of rotatable bonds is 4. The SMILES string of the molecule is Fc1cc(-c2ccccc2)ccc1C[n+]1ccc2nc(-c3cccc(F)c3F)[nH]c2c1. The van der Waals surface area contributed by atoms with Crippen LogP contribution >= 0.6 is 0 Å². The molecule has 0 aliphatic rings. The Hall–Kier alpha value is -3.93. The van der Waals surface area contributed by atoms with Crippen molar-refractivity contribution in [2.24, 2.45) is 0 Å². The fourth-order valence-electron chi connectivity index (χ4n) is 3.60. The molecule has 0 radical (unpaired) electrons. The topological polar surface area (TPSA) is 32.6 Å². The monoisotopic (exact) mass is 416 g/mol. The molecule has 0 spiro atoms. The Morgan fingerprint density at radius 3 is 2.45 bits per heavy atom. The largest absolute Gasteiger partial charge is 0.333 e. The highest BCUT2D eigenvalue weighted by Gasteiger charge is 2.16. The van der Waals surface area contributed by atoms with Gasteiger partial charge < -0.3 is 4.98 Å². The Balaban J connectivity index is 1.44. The van der Waals surface area contributed by atoms with Crippen LogP contribution in [0, 0.1) is 17.5 Å². The van der Waals surface area contributed by atoms with E-state index < -0.39 is 11.6 Å². The molecule has 152 valence electrons. The fourth-order valence-corrected chi connectivity index (χ4v) is 3.60. The Bertz CT molecular complexity index is 1390. The van der Waals surface area contributed by atoms with Gasteiger partial charge in [-0.3, -0.25) is 0 Å². The maximum Gasteiger partial charge on any atom is 0.195 e. The number of H-pyrrole nitrogens is 1. The number of fused-ring (bicyclic) bond motifs is 1. The molecule has 2 heterocycles. The average Bonchev–Trinajstić information content (AvgIpc) is 3.21. The van der Waals surface area contributed by atoms with E-state index in [1.165, 1.54) is 18.2 Å². The van der Waals surface area contributed by atoms with Crippen molar-refractivity contribution in [2.45, 2.75) is 6.54 Å². The molecule has 1 N–H and O–H groups in total. The lowest BCUT2D eigenvalue weighted by molar-refractivity contribution is -0.687. The van der Waals surface area contributed by atoms with Crippen LogP contribution in [0.1, 0.15) is 5.56 Å². The third kappa shape index (κ3) is 3.68. The summed E-state index contributed by atoms with van der Waals surface area (Å²) in [4.78, 5) is 7.37. The van der Waals surface area contributed by atoms with Gasteiger partial charge in [-0.25, -0.2) is 18.2 Å². The first-order valence-corrected chi connectivity index (χ1v) is 9.75. The van der Waals surface area contributed by atoms with Crippen molar-refractivity contribution in [3.63, 3.8) is 0 Å². The maximum atomic E-state index is 14.7. The molecule has 0 atom stereocenters. The van der Waals surface area contributed by atoms with Gasteiger partial charge in [0, 0.05) is 6.07 Å². The van der Waals surface area contributed by atoms with Crippen LogP contribution in [0.4, 0.5) is 13.2 Å². The molecule has 6 heteroatoms. The Labute approximate surface area is 176 Å². The van der Waals surface area contributed by atoms with E-state index in [0.29, 0.717) is 23.1 Å². The molecule has 0 aliphatic heterocycles. The normalized spacial score (nSPS) is 11.2. The first kappa shape index (κ1) is 19.1. The number of benzene rings is 3. The Morgan fingerprint density at radius 2 is 1.65 bits per heavy atom. The highest BCUT2D eigenvalue weighted by atomic mass is 19.2. The summed E-state index contributed by atoms with van der Waals surface area (Å²) < 4.78 is 44.2. The molecule has 0 unspecified atom stereocenters. The number of imidazole rings is 1. The summed E-state index contributed by atoms with van der Waals surface area (Å²) in [7, 11) is 0. The van der Waals surface area contributed by atoms with Crippen LogP contribution in [-0.2, 0) is 6.54 Å².